The fraction of sp³-hybridized carbons (Fsp3) is 0.891. The predicted octanol–water partition coefficient (Wildman–Crippen LogP) is 1.13. The van der Waals surface area contributed by atoms with Gasteiger partial charge in [0.25, 0.3) is 0 Å². The van der Waals surface area contributed by atoms with Crippen LogP contribution in [0.5, 0.6) is 0 Å². The summed E-state index contributed by atoms with van der Waals surface area (Å²) in [7, 11) is 0. The highest BCUT2D eigenvalue weighted by molar-refractivity contribution is 8.00. The van der Waals surface area contributed by atoms with Crippen LogP contribution in [-0.4, -0.2) is 182 Å². The molecule has 66 heavy (non-hydrogen) atoms. The molecular formula is C46H82N4O15S. The second kappa shape index (κ2) is 31.1. The van der Waals surface area contributed by atoms with Crippen molar-refractivity contribution in [3.8, 4) is 0 Å². The standard InChI is InChI=1S/C46H82N4O15S/c1-2-3-4-5-6-7-8-9-10-11-12-13-15-20-31(53)29(27-62-44-42(60)40(58)43(33(26-52)64-44)65-45-41(59)39(57)38(56)32(25-51)63-45)48-36(55)23-16-14-19-24-47-35(54)22-18-17-21-34-37-30(28-66-34)49-46(61)50-37/h15,20,29-34,37-45,51-53,56-60H,2-14,16-19,21-28H2,1H3,(H,47,54)(H,48,55)(H2,49,50,61). The molecular weight excluding hydrogens is 881 g/mol. The molecule has 0 aromatic rings. The number of amides is 4. The fourth-order valence-electron chi connectivity index (χ4n) is 8.87. The van der Waals surface area contributed by atoms with Gasteiger partial charge in [0.2, 0.25) is 11.8 Å². The molecule has 382 valence electrons. The smallest absolute Gasteiger partial charge is 0.315 e. The summed E-state index contributed by atoms with van der Waals surface area (Å²) in [4.78, 5) is 37.2. The number of allylic oxidation sites excluding steroid dienone is 1. The van der Waals surface area contributed by atoms with Crippen molar-refractivity contribution in [3.05, 3.63) is 12.2 Å². The van der Waals surface area contributed by atoms with Gasteiger partial charge >= 0.3 is 6.03 Å². The monoisotopic (exact) mass is 963 g/mol. The number of hydrogen-bond acceptors (Lipinski definition) is 16. The van der Waals surface area contributed by atoms with E-state index in [0.29, 0.717) is 37.5 Å². The summed E-state index contributed by atoms with van der Waals surface area (Å²) in [6.07, 6.45) is 5.19. The molecule has 0 radical (unpaired) electrons. The number of urea groups is 1. The van der Waals surface area contributed by atoms with Gasteiger partial charge in [0.15, 0.2) is 12.6 Å². The van der Waals surface area contributed by atoms with E-state index in [9.17, 15) is 55.2 Å². The third-order valence-electron chi connectivity index (χ3n) is 13.0. The largest absolute Gasteiger partial charge is 0.394 e. The number of nitrogens with one attached hydrogen (secondary N) is 4. The molecule has 0 saturated carbocycles. The molecule has 4 heterocycles. The molecule has 0 bridgehead atoms. The van der Waals surface area contributed by atoms with E-state index in [2.05, 4.69) is 28.2 Å². The van der Waals surface area contributed by atoms with Crippen molar-refractivity contribution in [3.63, 3.8) is 0 Å². The number of fused-ring (bicyclic) bond motifs is 1. The lowest BCUT2D eigenvalue weighted by molar-refractivity contribution is -0.359. The van der Waals surface area contributed by atoms with E-state index in [1.54, 1.807) is 6.08 Å². The van der Waals surface area contributed by atoms with Gasteiger partial charge in [-0.25, -0.2) is 4.79 Å². The summed E-state index contributed by atoms with van der Waals surface area (Å²) in [5.74, 6) is 0.538. The van der Waals surface area contributed by atoms with E-state index in [4.69, 9.17) is 18.9 Å². The molecule has 4 aliphatic heterocycles. The number of thioether (sulfide) groups is 1. The van der Waals surface area contributed by atoms with Crippen LogP contribution in [-0.2, 0) is 28.5 Å². The number of hydrogen-bond donors (Lipinski definition) is 12. The molecule has 4 rings (SSSR count). The second-order valence-electron chi connectivity index (χ2n) is 18.3. The number of aliphatic hydroxyl groups excluding tert-OH is 8. The topological polar surface area (TPSA) is 298 Å². The Bertz CT molecular complexity index is 1420. The molecule has 20 heteroatoms. The zero-order chi connectivity index (χ0) is 47.8. The minimum Gasteiger partial charge on any atom is -0.394 e. The number of ether oxygens (including phenoxy) is 4. The highest BCUT2D eigenvalue weighted by atomic mass is 32.2. The van der Waals surface area contributed by atoms with Crippen LogP contribution in [0.1, 0.15) is 135 Å². The second-order valence-corrected chi connectivity index (χ2v) is 19.6. The van der Waals surface area contributed by atoms with Gasteiger partial charge in [-0.15, -0.1) is 0 Å². The van der Waals surface area contributed by atoms with Crippen molar-refractivity contribution in [2.75, 3.05) is 32.1 Å². The average Bonchev–Trinajstić information content (AvgIpc) is 3.87. The van der Waals surface area contributed by atoms with Crippen molar-refractivity contribution < 1.29 is 74.2 Å². The Morgan fingerprint density at radius 1 is 0.758 bits per heavy atom. The molecule has 15 unspecified atom stereocenters. The molecule has 12 N–H and O–H groups in total. The van der Waals surface area contributed by atoms with Crippen LogP contribution in [0.15, 0.2) is 12.2 Å². The van der Waals surface area contributed by atoms with Gasteiger partial charge in [-0.3, -0.25) is 9.59 Å². The van der Waals surface area contributed by atoms with E-state index < -0.39 is 86.8 Å². The Morgan fingerprint density at radius 2 is 1.38 bits per heavy atom. The first-order chi connectivity index (χ1) is 31.9. The molecule has 0 aliphatic carbocycles. The molecule has 0 aromatic heterocycles. The maximum absolute atomic E-state index is 13.2. The summed E-state index contributed by atoms with van der Waals surface area (Å²) in [6, 6.07) is -0.751. The normalized spacial score (nSPS) is 31.9. The molecule has 4 amide bonds. The van der Waals surface area contributed by atoms with Crippen LogP contribution in [0.25, 0.3) is 0 Å². The summed E-state index contributed by atoms with van der Waals surface area (Å²) < 4.78 is 22.6. The van der Waals surface area contributed by atoms with Crippen LogP contribution in [0, 0.1) is 0 Å². The quantitative estimate of drug-likeness (QED) is 0.0249. The van der Waals surface area contributed by atoms with Gasteiger partial charge in [0.05, 0.1) is 44.1 Å². The molecule has 15 atom stereocenters. The van der Waals surface area contributed by atoms with Crippen LogP contribution in [0.3, 0.4) is 0 Å². The molecule has 0 aromatic carbocycles. The highest BCUT2D eigenvalue weighted by Crippen LogP contribution is 2.33. The Morgan fingerprint density at radius 3 is 2.08 bits per heavy atom. The molecule has 4 aliphatic rings. The predicted molar refractivity (Wildman–Crippen MR) is 246 cm³/mol. The Hall–Kier alpha value is -2.18. The Labute approximate surface area is 394 Å². The van der Waals surface area contributed by atoms with E-state index in [1.165, 1.54) is 51.4 Å². The minimum absolute atomic E-state index is 0.0179. The SMILES string of the molecule is CCCCCCCCCCCCCC=CC(O)C(COC1OC(CO)C(OC2OC(CO)C(O)C(O)C2O)C(O)C1O)NC(=O)CCCCCNC(=O)CCCCC1SCC2NC(=O)NC21. The van der Waals surface area contributed by atoms with Gasteiger partial charge in [-0.1, -0.05) is 96.1 Å². The van der Waals surface area contributed by atoms with Crippen LogP contribution in [0.4, 0.5) is 4.79 Å². The zero-order valence-electron chi connectivity index (χ0n) is 38.8. The lowest BCUT2D eigenvalue weighted by atomic mass is 9.97. The van der Waals surface area contributed by atoms with Crippen molar-refractivity contribution >= 4 is 29.6 Å². The van der Waals surface area contributed by atoms with Crippen molar-refractivity contribution in [1.29, 1.82) is 0 Å². The molecule has 4 fully saturated rings. The van der Waals surface area contributed by atoms with Crippen LogP contribution >= 0.6 is 11.8 Å². The first kappa shape index (κ1) is 56.4. The number of unbranched alkanes of at least 4 members (excludes halogenated alkanes) is 14. The molecule has 0 spiro atoms. The minimum atomic E-state index is -1.81. The van der Waals surface area contributed by atoms with Gasteiger partial charge in [-0.2, -0.15) is 11.8 Å². The van der Waals surface area contributed by atoms with E-state index in [-0.39, 0.29) is 43.0 Å². The number of rotatable bonds is 33. The summed E-state index contributed by atoms with van der Waals surface area (Å²) in [5, 5.41) is 95.8. The average molecular weight is 963 g/mol. The highest BCUT2D eigenvalue weighted by Gasteiger charge is 2.51. The third-order valence-corrected chi connectivity index (χ3v) is 14.5. The Balaban J connectivity index is 1.20. The van der Waals surface area contributed by atoms with Gasteiger partial charge in [0.1, 0.15) is 48.8 Å². The van der Waals surface area contributed by atoms with Crippen molar-refractivity contribution in [1.82, 2.24) is 21.3 Å². The maximum atomic E-state index is 13.2. The van der Waals surface area contributed by atoms with Crippen molar-refractivity contribution in [2.45, 2.75) is 226 Å². The lowest BCUT2D eigenvalue weighted by Gasteiger charge is -2.46. The number of carbonyl (C=O) groups is 3. The van der Waals surface area contributed by atoms with Gasteiger partial charge in [0, 0.05) is 30.4 Å². The van der Waals surface area contributed by atoms with Gasteiger partial charge < -0.3 is 81.1 Å². The summed E-state index contributed by atoms with van der Waals surface area (Å²) in [5.41, 5.74) is 0. The third kappa shape index (κ3) is 18.6. The van der Waals surface area contributed by atoms with Crippen molar-refractivity contribution in [2.24, 2.45) is 0 Å². The first-order valence-electron chi connectivity index (χ1n) is 24.7. The fourth-order valence-corrected chi connectivity index (χ4v) is 10.4. The number of carbonyl (C=O) groups excluding carboxylic acids is 3. The first-order valence-corrected chi connectivity index (χ1v) is 25.7. The van der Waals surface area contributed by atoms with E-state index in [1.807, 2.05) is 17.8 Å². The lowest BCUT2D eigenvalue weighted by Crippen LogP contribution is -2.65. The van der Waals surface area contributed by atoms with Crippen LogP contribution < -0.4 is 21.3 Å². The van der Waals surface area contributed by atoms with E-state index >= 15 is 0 Å². The summed E-state index contributed by atoms with van der Waals surface area (Å²) >= 11 is 1.86. The maximum Gasteiger partial charge on any atom is 0.315 e. The zero-order valence-corrected chi connectivity index (χ0v) is 39.7. The summed E-state index contributed by atoms with van der Waals surface area (Å²) in [6.45, 7) is 0.875. The number of aliphatic hydroxyl groups is 8. The molecule has 19 nitrogen and oxygen atoms in total. The van der Waals surface area contributed by atoms with Crippen LogP contribution in [0.2, 0.25) is 0 Å². The van der Waals surface area contributed by atoms with Gasteiger partial charge in [-0.05, 0) is 38.5 Å². The van der Waals surface area contributed by atoms with E-state index in [0.717, 1.165) is 50.7 Å². The molecule has 4 saturated heterocycles. The Kier molecular flexibility index (Phi) is 26.6.